The zero-order chi connectivity index (χ0) is 15.5. The Kier molecular flexibility index (Phi) is 5.37. The fourth-order valence-corrected chi connectivity index (χ4v) is 3.25. The van der Waals surface area contributed by atoms with E-state index in [-0.39, 0.29) is 11.1 Å². The lowest BCUT2D eigenvalue weighted by molar-refractivity contribution is 0.210. The molecule has 1 fully saturated rings. The van der Waals surface area contributed by atoms with Gasteiger partial charge in [0.1, 0.15) is 11.6 Å². The Hall–Kier alpha value is -0.960. The summed E-state index contributed by atoms with van der Waals surface area (Å²) in [5.41, 5.74) is 0.357. The van der Waals surface area contributed by atoms with E-state index in [1.165, 1.54) is 31.0 Å². The Labute approximate surface area is 127 Å². The predicted molar refractivity (Wildman–Crippen MR) is 83.3 cm³/mol. The minimum atomic E-state index is -0.400. The summed E-state index contributed by atoms with van der Waals surface area (Å²) in [5.74, 6) is 0.0863. The summed E-state index contributed by atoms with van der Waals surface area (Å²) in [7, 11) is 0. The highest BCUT2D eigenvalue weighted by Gasteiger charge is 2.28. The summed E-state index contributed by atoms with van der Waals surface area (Å²) in [6.45, 7) is 7.40. The molecule has 1 aromatic carbocycles. The monoisotopic (exact) mass is 295 g/mol. The van der Waals surface area contributed by atoms with Crippen molar-refractivity contribution in [2.24, 2.45) is 11.8 Å². The van der Waals surface area contributed by atoms with Crippen LogP contribution in [0.2, 0.25) is 0 Å². The van der Waals surface area contributed by atoms with E-state index in [2.05, 4.69) is 26.1 Å². The zero-order valence-electron chi connectivity index (χ0n) is 13.4. The average Bonchev–Trinajstić information content (AvgIpc) is 2.41. The maximum absolute atomic E-state index is 13.9. The molecule has 0 aromatic heterocycles. The van der Waals surface area contributed by atoms with E-state index >= 15 is 0 Å². The van der Waals surface area contributed by atoms with Crippen LogP contribution in [0.5, 0.6) is 0 Å². The maximum Gasteiger partial charge on any atom is 0.129 e. The molecular formula is C18H27F2N. The molecule has 0 heterocycles. The van der Waals surface area contributed by atoms with Crippen LogP contribution < -0.4 is 5.32 Å². The smallest absolute Gasteiger partial charge is 0.129 e. The van der Waals surface area contributed by atoms with Crippen LogP contribution in [-0.2, 0) is 6.42 Å². The molecule has 1 aromatic rings. The molecule has 21 heavy (non-hydrogen) atoms. The molecule has 3 heteroatoms. The molecule has 1 N–H and O–H groups in total. The Morgan fingerprint density at radius 1 is 1.05 bits per heavy atom. The molecule has 0 bridgehead atoms. The van der Waals surface area contributed by atoms with E-state index < -0.39 is 11.6 Å². The van der Waals surface area contributed by atoms with Gasteiger partial charge < -0.3 is 5.32 Å². The van der Waals surface area contributed by atoms with Crippen LogP contribution >= 0.6 is 0 Å². The summed E-state index contributed by atoms with van der Waals surface area (Å²) in [4.78, 5) is 0. The van der Waals surface area contributed by atoms with E-state index in [1.807, 2.05) is 0 Å². The number of halogens is 2. The quantitative estimate of drug-likeness (QED) is 0.849. The van der Waals surface area contributed by atoms with Crippen molar-refractivity contribution >= 4 is 0 Å². The lowest BCUT2D eigenvalue weighted by Crippen LogP contribution is -2.41. The molecule has 1 aliphatic rings. The van der Waals surface area contributed by atoms with Crippen LogP contribution in [0.15, 0.2) is 18.2 Å². The first-order chi connectivity index (χ1) is 9.87. The normalized spacial score (nSPS) is 23.3. The van der Waals surface area contributed by atoms with Crippen molar-refractivity contribution < 1.29 is 8.78 Å². The van der Waals surface area contributed by atoms with Crippen LogP contribution in [0, 0.1) is 23.5 Å². The Bertz CT molecular complexity index is 445. The van der Waals surface area contributed by atoms with Crippen LogP contribution in [0.25, 0.3) is 0 Å². The van der Waals surface area contributed by atoms with Gasteiger partial charge in [0.25, 0.3) is 0 Å². The van der Waals surface area contributed by atoms with Crippen molar-refractivity contribution in [3.8, 4) is 0 Å². The third kappa shape index (κ3) is 4.77. The van der Waals surface area contributed by atoms with Crippen molar-refractivity contribution in [2.75, 3.05) is 6.54 Å². The maximum atomic E-state index is 13.9. The number of hydrogen-bond donors (Lipinski definition) is 1. The van der Waals surface area contributed by atoms with Crippen molar-refractivity contribution in [3.63, 3.8) is 0 Å². The van der Waals surface area contributed by atoms with Gasteiger partial charge in [-0.3, -0.25) is 0 Å². The van der Waals surface area contributed by atoms with Crippen LogP contribution in [-0.4, -0.2) is 12.1 Å². The second kappa shape index (κ2) is 6.87. The molecule has 2 rings (SSSR count). The highest BCUT2D eigenvalue weighted by molar-refractivity contribution is 5.20. The lowest BCUT2D eigenvalue weighted by Gasteiger charge is -2.34. The Morgan fingerprint density at radius 3 is 2.19 bits per heavy atom. The van der Waals surface area contributed by atoms with Crippen molar-refractivity contribution in [3.05, 3.63) is 35.4 Å². The molecule has 0 radical (unpaired) electrons. The van der Waals surface area contributed by atoms with Crippen molar-refractivity contribution in [1.29, 1.82) is 0 Å². The molecule has 1 aliphatic carbocycles. The first-order valence-electron chi connectivity index (χ1n) is 8.05. The molecule has 0 saturated heterocycles. The van der Waals surface area contributed by atoms with E-state index in [1.54, 1.807) is 0 Å². The van der Waals surface area contributed by atoms with E-state index in [0.717, 1.165) is 19.4 Å². The molecule has 1 nitrogen and oxygen atoms in total. The lowest BCUT2D eigenvalue weighted by atomic mass is 9.75. The first kappa shape index (κ1) is 16.4. The van der Waals surface area contributed by atoms with E-state index in [4.69, 9.17) is 0 Å². The highest BCUT2D eigenvalue weighted by Crippen LogP contribution is 2.33. The van der Waals surface area contributed by atoms with Gasteiger partial charge in [-0.25, -0.2) is 8.78 Å². The van der Waals surface area contributed by atoms with Gasteiger partial charge in [0.15, 0.2) is 0 Å². The fourth-order valence-electron chi connectivity index (χ4n) is 3.25. The minimum absolute atomic E-state index is 0.0885. The van der Waals surface area contributed by atoms with Gasteiger partial charge >= 0.3 is 0 Å². The molecule has 2 atom stereocenters. The van der Waals surface area contributed by atoms with Gasteiger partial charge in [0.2, 0.25) is 0 Å². The van der Waals surface area contributed by atoms with Crippen LogP contribution in [0.4, 0.5) is 8.78 Å². The van der Waals surface area contributed by atoms with Gasteiger partial charge in [-0.1, -0.05) is 18.9 Å². The predicted octanol–water partition coefficient (Wildman–Crippen LogP) is 4.70. The van der Waals surface area contributed by atoms with Crippen LogP contribution in [0.3, 0.4) is 0 Å². The SMILES string of the molecule is CC(C)(C)NCC1CCCCC1Cc1c(F)cccc1F. The molecule has 2 unspecified atom stereocenters. The number of benzene rings is 1. The largest absolute Gasteiger partial charge is 0.312 e. The third-order valence-electron chi connectivity index (χ3n) is 4.49. The molecule has 0 aliphatic heterocycles. The second-order valence-electron chi connectivity index (χ2n) is 7.34. The fraction of sp³-hybridized carbons (Fsp3) is 0.667. The molecular weight excluding hydrogens is 268 g/mol. The summed E-state index contributed by atoms with van der Waals surface area (Å²) >= 11 is 0. The first-order valence-corrected chi connectivity index (χ1v) is 8.05. The summed E-state index contributed by atoms with van der Waals surface area (Å²) < 4.78 is 27.7. The van der Waals surface area contributed by atoms with Crippen molar-refractivity contribution in [2.45, 2.75) is 58.4 Å². The Morgan fingerprint density at radius 2 is 1.62 bits per heavy atom. The Balaban J connectivity index is 2.05. The summed E-state index contributed by atoms with van der Waals surface area (Å²) in [5, 5.41) is 3.55. The highest BCUT2D eigenvalue weighted by atomic mass is 19.1. The molecule has 1 saturated carbocycles. The van der Waals surface area contributed by atoms with E-state index in [0.29, 0.717) is 18.3 Å². The number of nitrogens with one attached hydrogen (secondary N) is 1. The topological polar surface area (TPSA) is 12.0 Å². The summed E-state index contributed by atoms with van der Waals surface area (Å²) in [6.07, 6.45) is 5.16. The van der Waals surface area contributed by atoms with Gasteiger partial charge in [-0.15, -0.1) is 0 Å². The van der Waals surface area contributed by atoms with E-state index in [9.17, 15) is 8.78 Å². The van der Waals surface area contributed by atoms with Gasteiger partial charge in [-0.05, 0) is 70.5 Å². The zero-order valence-corrected chi connectivity index (χ0v) is 13.4. The molecule has 0 spiro atoms. The third-order valence-corrected chi connectivity index (χ3v) is 4.49. The molecule has 118 valence electrons. The van der Waals surface area contributed by atoms with Gasteiger partial charge in [-0.2, -0.15) is 0 Å². The van der Waals surface area contributed by atoms with Gasteiger partial charge in [0, 0.05) is 11.1 Å². The van der Waals surface area contributed by atoms with Crippen LogP contribution in [0.1, 0.15) is 52.0 Å². The standard InChI is InChI=1S/C18H27F2N/c1-18(2,3)21-12-14-8-5-4-7-13(14)11-15-16(19)9-6-10-17(15)20/h6,9-10,13-14,21H,4-5,7-8,11-12H2,1-3H3. The minimum Gasteiger partial charge on any atom is -0.312 e. The summed E-state index contributed by atoms with van der Waals surface area (Å²) in [6, 6.07) is 4.17. The average molecular weight is 295 g/mol. The second-order valence-corrected chi connectivity index (χ2v) is 7.34. The number of hydrogen-bond acceptors (Lipinski definition) is 1. The molecule has 0 amide bonds. The number of rotatable bonds is 4. The van der Waals surface area contributed by atoms with Crippen molar-refractivity contribution in [1.82, 2.24) is 5.32 Å². The van der Waals surface area contributed by atoms with Gasteiger partial charge in [0.05, 0.1) is 0 Å².